The summed E-state index contributed by atoms with van der Waals surface area (Å²) in [7, 11) is 3.14. The van der Waals surface area contributed by atoms with Gasteiger partial charge in [-0.2, -0.15) is 0 Å². The van der Waals surface area contributed by atoms with Crippen molar-refractivity contribution in [1.82, 2.24) is 0 Å². The van der Waals surface area contributed by atoms with Crippen molar-refractivity contribution in [2.75, 3.05) is 20.8 Å². The molecular weight excluding hydrogens is 268 g/mol. The number of rotatable bonds is 6. The monoisotopic (exact) mass is 288 g/mol. The van der Waals surface area contributed by atoms with Gasteiger partial charge in [0.1, 0.15) is 23.4 Å². The second-order valence-electron chi connectivity index (χ2n) is 4.48. The molecule has 112 valence electrons. The summed E-state index contributed by atoms with van der Waals surface area (Å²) >= 11 is 0. The number of methoxy groups -OCH3 is 2. The quantitative estimate of drug-likeness (QED) is 0.887. The van der Waals surface area contributed by atoms with Crippen LogP contribution in [0, 0.1) is 0 Å². The van der Waals surface area contributed by atoms with E-state index in [-0.39, 0.29) is 0 Å². The molecule has 2 aromatic carbocycles. The average Bonchev–Trinajstić information content (AvgIpc) is 2.54. The fourth-order valence-corrected chi connectivity index (χ4v) is 2.26. The van der Waals surface area contributed by atoms with E-state index in [0.29, 0.717) is 23.7 Å². The van der Waals surface area contributed by atoms with Gasteiger partial charge in [-0.05, 0) is 36.8 Å². The summed E-state index contributed by atoms with van der Waals surface area (Å²) in [6.45, 7) is 2.50. The van der Waals surface area contributed by atoms with Crippen molar-refractivity contribution < 1.29 is 19.3 Å². The zero-order valence-corrected chi connectivity index (χ0v) is 12.5. The maximum absolute atomic E-state index is 10.7. The molecule has 0 heterocycles. The van der Waals surface area contributed by atoms with Crippen LogP contribution in [0.25, 0.3) is 0 Å². The summed E-state index contributed by atoms with van der Waals surface area (Å²) in [5.41, 5.74) is 1.33. The number of benzene rings is 2. The van der Waals surface area contributed by atoms with Crippen molar-refractivity contribution >= 4 is 0 Å². The Morgan fingerprint density at radius 1 is 1.00 bits per heavy atom. The Balaban J connectivity index is 2.44. The van der Waals surface area contributed by atoms with Crippen LogP contribution in [0.4, 0.5) is 0 Å². The second kappa shape index (κ2) is 6.99. The van der Waals surface area contributed by atoms with Crippen LogP contribution in [-0.4, -0.2) is 25.9 Å². The SMILES string of the molecule is CCOc1cccc(C(O)c2c(OC)cccc2OC)c1. The topological polar surface area (TPSA) is 47.9 Å². The minimum Gasteiger partial charge on any atom is -0.496 e. The predicted molar refractivity (Wildman–Crippen MR) is 81.2 cm³/mol. The van der Waals surface area contributed by atoms with Gasteiger partial charge in [0.15, 0.2) is 0 Å². The molecule has 1 N–H and O–H groups in total. The lowest BCUT2D eigenvalue weighted by Gasteiger charge is -2.19. The van der Waals surface area contributed by atoms with E-state index in [4.69, 9.17) is 14.2 Å². The average molecular weight is 288 g/mol. The van der Waals surface area contributed by atoms with Crippen LogP contribution in [0.2, 0.25) is 0 Å². The standard InChI is InChI=1S/C17H20O4/c1-4-21-13-8-5-7-12(11-13)17(18)16-14(19-2)9-6-10-15(16)20-3/h5-11,17-18H,4H2,1-3H3. The van der Waals surface area contributed by atoms with Gasteiger partial charge in [0, 0.05) is 0 Å². The smallest absolute Gasteiger partial charge is 0.128 e. The van der Waals surface area contributed by atoms with Crippen LogP contribution < -0.4 is 14.2 Å². The summed E-state index contributed by atoms with van der Waals surface area (Å²) in [6, 6.07) is 12.8. The third-order valence-corrected chi connectivity index (χ3v) is 3.22. The summed E-state index contributed by atoms with van der Waals surface area (Å²) in [6.07, 6.45) is -0.850. The Kier molecular flexibility index (Phi) is 5.06. The Bertz CT molecular complexity index is 573. The van der Waals surface area contributed by atoms with Gasteiger partial charge in [0.2, 0.25) is 0 Å². The first-order valence-electron chi connectivity index (χ1n) is 6.83. The lowest BCUT2D eigenvalue weighted by Crippen LogP contribution is -2.05. The molecule has 0 aliphatic heterocycles. The molecule has 0 bridgehead atoms. The fraction of sp³-hybridized carbons (Fsp3) is 0.294. The fourth-order valence-electron chi connectivity index (χ4n) is 2.26. The van der Waals surface area contributed by atoms with Crippen molar-refractivity contribution in [2.45, 2.75) is 13.0 Å². The van der Waals surface area contributed by atoms with Crippen molar-refractivity contribution in [2.24, 2.45) is 0 Å². The Morgan fingerprint density at radius 3 is 2.19 bits per heavy atom. The van der Waals surface area contributed by atoms with E-state index >= 15 is 0 Å². The van der Waals surface area contributed by atoms with Gasteiger partial charge in [-0.15, -0.1) is 0 Å². The first-order chi connectivity index (χ1) is 10.2. The van der Waals surface area contributed by atoms with Crippen LogP contribution in [0.3, 0.4) is 0 Å². The molecule has 1 unspecified atom stereocenters. The van der Waals surface area contributed by atoms with Crippen molar-refractivity contribution in [3.8, 4) is 17.2 Å². The largest absolute Gasteiger partial charge is 0.496 e. The third kappa shape index (κ3) is 3.28. The highest BCUT2D eigenvalue weighted by molar-refractivity contribution is 5.50. The molecule has 0 aliphatic carbocycles. The lowest BCUT2D eigenvalue weighted by molar-refractivity contribution is 0.208. The number of aliphatic hydroxyl groups excluding tert-OH is 1. The molecular formula is C17H20O4. The number of hydrogen-bond acceptors (Lipinski definition) is 4. The zero-order valence-electron chi connectivity index (χ0n) is 12.5. The number of hydrogen-bond donors (Lipinski definition) is 1. The molecule has 0 spiro atoms. The van der Waals surface area contributed by atoms with Gasteiger partial charge >= 0.3 is 0 Å². The van der Waals surface area contributed by atoms with Crippen molar-refractivity contribution in [3.63, 3.8) is 0 Å². The summed E-state index contributed by atoms with van der Waals surface area (Å²) < 4.78 is 16.1. The van der Waals surface area contributed by atoms with E-state index in [9.17, 15) is 5.11 Å². The highest BCUT2D eigenvalue weighted by Gasteiger charge is 2.20. The zero-order chi connectivity index (χ0) is 15.2. The lowest BCUT2D eigenvalue weighted by atomic mass is 9.99. The molecule has 2 rings (SSSR count). The van der Waals surface area contributed by atoms with Gasteiger partial charge in [0.05, 0.1) is 26.4 Å². The predicted octanol–water partition coefficient (Wildman–Crippen LogP) is 3.18. The molecule has 0 amide bonds. The van der Waals surface area contributed by atoms with E-state index < -0.39 is 6.10 Å². The van der Waals surface area contributed by atoms with E-state index in [2.05, 4.69) is 0 Å². The maximum Gasteiger partial charge on any atom is 0.128 e. The van der Waals surface area contributed by atoms with Crippen molar-refractivity contribution in [3.05, 3.63) is 53.6 Å². The molecule has 0 aliphatic rings. The molecule has 2 aromatic rings. The normalized spacial score (nSPS) is 11.8. The highest BCUT2D eigenvalue weighted by Crippen LogP contribution is 2.37. The van der Waals surface area contributed by atoms with Crippen LogP contribution in [0.15, 0.2) is 42.5 Å². The van der Waals surface area contributed by atoms with E-state index in [0.717, 1.165) is 11.3 Å². The van der Waals surface area contributed by atoms with Crippen LogP contribution in [0.1, 0.15) is 24.2 Å². The molecule has 0 radical (unpaired) electrons. The summed E-state index contributed by atoms with van der Waals surface area (Å²) in [5.74, 6) is 1.90. The molecule has 1 atom stereocenters. The minimum atomic E-state index is -0.850. The Labute approximate surface area is 124 Å². The van der Waals surface area contributed by atoms with Gasteiger partial charge in [-0.25, -0.2) is 0 Å². The van der Waals surface area contributed by atoms with E-state index in [1.807, 2.05) is 37.3 Å². The second-order valence-corrected chi connectivity index (χ2v) is 4.48. The van der Waals surface area contributed by atoms with Gasteiger partial charge in [0.25, 0.3) is 0 Å². The van der Waals surface area contributed by atoms with Gasteiger partial charge < -0.3 is 19.3 Å². The Hall–Kier alpha value is -2.20. The Morgan fingerprint density at radius 2 is 1.62 bits per heavy atom. The first-order valence-corrected chi connectivity index (χ1v) is 6.83. The highest BCUT2D eigenvalue weighted by atomic mass is 16.5. The molecule has 21 heavy (non-hydrogen) atoms. The summed E-state index contributed by atoms with van der Waals surface area (Å²) in [5, 5.41) is 10.7. The van der Waals surface area contributed by atoms with Crippen LogP contribution in [-0.2, 0) is 0 Å². The maximum atomic E-state index is 10.7. The molecule has 4 nitrogen and oxygen atoms in total. The number of aliphatic hydroxyl groups is 1. The first kappa shape index (κ1) is 15.2. The van der Waals surface area contributed by atoms with E-state index in [1.54, 1.807) is 26.4 Å². The summed E-state index contributed by atoms with van der Waals surface area (Å²) in [4.78, 5) is 0. The van der Waals surface area contributed by atoms with Crippen LogP contribution >= 0.6 is 0 Å². The number of ether oxygens (including phenoxy) is 3. The molecule has 0 aromatic heterocycles. The molecule has 0 saturated carbocycles. The third-order valence-electron chi connectivity index (χ3n) is 3.22. The molecule has 0 fully saturated rings. The molecule has 0 saturated heterocycles. The van der Waals surface area contributed by atoms with Crippen LogP contribution in [0.5, 0.6) is 17.2 Å². The van der Waals surface area contributed by atoms with Gasteiger partial charge in [-0.3, -0.25) is 0 Å². The molecule has 4 heteroatoms. The van der Waals surface area contributed by atoms with Gasteiger partial charge in [-0.1, -0.05) is 18.2 Å². The minimum absolute atomic E-state index is 0.581. The van der Waals surface area contributed by atoms with Crippen molar-refractivity contribution in [1.29, 1.82) is 0 Å². The van der Waals surface area contributed by atoms with E-state index in [1.165, 1.54) is 0 Å².